The molecule has 0 bridgehead atoms. The monoisotopic (exact) mass is 354 g/mol. The molecule has 7 heteroatoms. The summed E-state index contributed by atoms with van der Waals surface area (Å²) in [5.41, 5.74) is 1.51. The second-order valence-corrected chi connectivity index (χ2v) is 5.81. The predicted octanol–water partition coefficient (Wildman–Crippen LogP) is 2.01. The lowest BCUT2D eigenvalue weighted by Crippen LogP contribution is -2.49. The maximum absolute atomic E-state index is 12.7. The van der Waals surface area contributed by atoms with Gasteiger partial charge in [0.1, 0.15) is 12.4 Å². The van der Waals surface area contributed by atoms with Crippen molar-refractivity contribution in [2.45, 2.75) is 31.7 Å². The van der Waals surface area contributed by atoms with Gasteiger partial charge >= 0.3 is 11.9 Å². The van der Waals surface area contributed by atoms with Crippen LogP contribution in [0.3, 0.4) is 0 Å². The van der Waals surface area contributed by atoms with Gasteiger partial charge in [-0.15, -0.1) is 0 Å². The molecule has 2 atom stereocenters. The van der Waals surface area contributed by atoms with Crippen LogP contribution in [0.25, 0.3) is 0 Å². The number of nitrogens with zero attached hydrogens (tertiary/aromatic N) is 2. The molecular formula is C19H18N2O5. The lowest BCUT2D eigenvalue weighted by atomic mass is 10.0. The third-order valence-electron chi connectivity index (χ3n) is 4.17. The predicted molar refractivity (Wildman–Crippen MR) is 89.8 cm³/mol. The van der Waals surface area contributed by atoms with Crippen molar-refractivity contribution in [3.8, 4) is 6.07 Å². The second-order valence-electron chi connectivity index (χ2n) is 5.81. The second kappa shape index (κ2) is 7.74. The molecule has 0 spiro atoms. The standard InChI is InChI=1S/C19H18N2O5/c1-24-17(22)11-14-10-16-21(14)18(15(26-16)8-5-9-20)19(23)25-12-13-6-3-2-4-7-13/h2-4,6-8,11,16,18H,5,10,12H2,1H3/b14-11-,15-8-/t16-,18-/m1/s1. The summed E-state index contributed by atoms with van der Waals surface area (Å²) in [5, 5.41) is 8.80. The van der Waals surface area contributed by atoms with Crippen LogP contribution >= 0.6 is 0 Å². The Kier molecular flexibility index (Phi) is 5.23. The Morgan fingerprint density at radius 1 is 1.38 bits per heavy atom. The van der Waals surface area contributed by atoms with Crippen molar-refractivity contribution in [2.75, 3.05) is 7.11 Å². The molecule has 1 aromatic carbocycles. The Morgan fingerprint density at radius 3 is 2.85 bits per heavy atom. The van der Waals surface area contributed by atoms with Gasteiger partial charge in [-0.2, -0.15) is 5.26 Å². The summed E-state index contributed by atoms with van der Waals surface area (Å²) in [6.45, 7) is 0.135. The number of hydrogen-bond acceptors (Lipinski definition) is 7. The number of carbonyl (C=O) groups excluding carboxylic acids is 2. The SMILES string of the molecule is COC(=O)/C=C1/C[C@H]2O/C(=C\CC#N)[C@H](C(=O)OCc3ccccc3)N12. The van der Waals surface area contributed by atoms with Gasteiger partial charge in [0.25, 0.3) is 0 Å². The molecule has 2 heterocycles. The summed E-state index contributed by atoms with van der Waals surface area (Å²) in [6.07, 6.45) is 3.17. The van der Waals surface area contributed by atoms with Gasteiger partial charge < -0.3 is 19.1 Å². The molecule has 2 fully saturated rings. The minimum absolute atomic E-state index is 0.119. The molecule has 0 radical (unpaired) electrons. The third-order valence-corrected chi connectivity index (χ3v) is 4.17. The van der Waals surface area contributed by atoms with E-state index in [2.05, 4.69) is 4.74 Å². The summed E-state index contributed by atoms with van der Waals surface area (Å²) in [6, 6.07) is 10.5. The molecule has 0 unspecified atom stereocenters. The summed E-state index contributed by atoms with van der Waals surface area (Å²) in [5.74, 6) is -0.608. The molecular weight excluding hydrogens is 336 g/mol. The van der Waals surface area contributed by atoms with Crippen LogP contribution in [-0.4, -0.2) is 36.2 Å². The van der Waals surface area contributed by atoms with E-state index in [4.69, 9.17) is 14.7 Å². The van der Waals surface area contributed by atoms with Gasteiger partial charge in [-0.3, -0.25) is 0 Å². The minimum Gasteiger partial charge on any atom is -0.472 e. The molecule has 3 rings (SSSR count). The molecule has 2 aliphatic heterocycles. The normalized spacial score (nSPS) is 23.6. The number of benzene rings is 1. The molecule has 0 amide bonds. The molecule has 0 aliphatic carbocycles. The van der Waals surface area contributed by atoms with E-state index >= 15 is 0 Å². The molecule has 0 saturated carbocycles. The van der Waals surface area contributed by atoms with Gasteiger partial charge in [0.2, 0.25) is 0 Å². The number of hydrogen-bond donors (Lipinski definition) is 0. The van der Waals surface area contributed by atoms with Crippen LogP contribution in [0.15, 0.2) is 53.9 Å². The van der Waals surface area contributed by atoms with E-state index < -0.39 is 18.0 Å². The molecule has 134 valence electrons. The molecule has 1 aromatic rings. The number of ether oxygens (including phenoxy) is 3. The molecule has 7 nitrogen and oxygen atoms in total. The van der Waals surface area contributed by atoms with Crippen LogP contribution in [-0.2, 0) is 30.4 Å². The van der Waals surface area contributed by atoms with E-state index in [0.717, 1.165) is 5.56 Å². The fraction of sp³-hybridized carbons (Fsp3) is 0.316. The number of rotatable bonds is 5. The van der Waals surface area contributed by atoms with E-state index in [0.29, 0.717) is 17.9 Å². The van der Waals surface area contributed by atoms with E-state index in [1.165, 1.54) is 13.2 Å². The zero-order chi connectivity index (χ0) is 18.5. The van der Waals surface area contributed by atoms with Gasteiger partial charge in [-0.05, 0) is 11.6 Å². The van der Waals surface area contributed by atoms with Crippen LogP contribution in [0.4, 0.5) is 0 Å². The van der Waals surface area contributed by atoms with Crippen molar-refractivity contribution in [2.24, 2.45) is 0 Å². The van der Waals surface area contributed by atoms with Crippen LogP contribution in [0.5, 0.6) is 0 Å². The fourth-order valence-electron chi connectivity index (χ4n) is 2.92. The number of allylic oxidation sites excluding steroid dienone is 1. The molecule has 2 aliphatic rings. The number of esters is 2. The number of carbonyl (C=O) groups is 2. The molecule has 26 heavy (non-hydrogen) atoms. The van der Waals surface area contributed by atoms with Crippen molar-refractivity contribution < 1.29 is 23.8 Å². The summed E-state index contributed by atoms with van der Waals surface area (Å²) >= 11 is 0. The third kappa shape index (κ3) is 3.54. The van der Waals surface area contributed by atoms with Crippen molar-refractivity contribution in [3.05, 3.63) is 59.5 Å². The van der Waals surface area contributed by atoms with Crippen LogP contribution in [0.1, 0.15) is 18.4 Å². The van der Waals surface area contributed by atoms with Crippen LogP contribution in [0.2, 0.25) is 0 Å². The largest absolute Gasteiger partial charge is 0.472 e. The highest BCUT2D eigenvalue weighted by Crippen LogP contribution is 2.43. The lowest BCUT2D eigenvalue weighted by molar-refractivity contribution is -0.150. The van der Waals surface area contributed by atoms with Gasteiger partial charge in [0.15, 0.2) is 12.3 Å². The molecule has 0 N–H and O–H groups in total. The number of nitriles is 1. The lowest BCUT2D eigenvalue weighted by Gasteiger charge is -2.39. The first-order chi connectivity index (χ1) is 12.6. The highest BCUT2D eigenvalue weighted by Gasteiger charge is 2.51. The Labute approximate surface area is 151 Å². The zero-order valence-electron chi connectivity index (χ0n) is 14.3. The zero-order valence-corrected chi connectivity index (χ0v) is 14.3. The summed E-state index contributed by atoms with van der Waals surface area (Å²) in [4.78, 5) is 25.9. The van der Waals surface area contributed by atoms with Gasteiger partial charge in [0, 0.05) is 18.2 Å². The Hall–Kier alpha value is -3.27. The molecule has 0 aromatic heterocycles. The minimum atomic E-state index is -0.804. The Balaban J connectivity index is 1.77. The van der Waals surface area contributed by atoms with Crippen molar-refractivity contribution >= 4 is 11.9 Å². The van der Waals surface area contributed by atoms with Crippen molar-refractivity contribution in [1.82, 2.24) is 4.90 Å². The smallest absolute Gasteiger partial charge is 0.337 e. The van der Waals surface area contributed by atoms with E-state index in [1.54, 1.807) is 11.0 Å². The van der Waals surface area contributed by atoms with Crippen LogP contribution in [0, 0.1) is 11.3 Å². The van der Waals surface area contributed by atoms with Gasteiger partial charge in [0.05, 0.1) is 19.6 Å². The highest BCUT2D eigenvalue weighted by molar-refractivity contribution is 5.84. The average molecular weight is 354 g/mol. The maximum atomic E-state index is 12.7. The first kappa shape index (κ1) is 17.5. The Bertz CT molecular complexity index is 794. The quantitative estimate of drug-likeness (QED) is 0.590. The van der Waals surface area contributed by atoms with Crippen molar-refractivity contribution in [3.63, 3.8) is 0 Å². The first-order valence-corrected chi connectivity index (χ1v) is 8.15. The average Bonchev–Trinajstić information content (AvgIpc) is 2.95. The topological polar surface area (TPSA) is 88.9 Å². The first-order valence-electron chi connectivity index (χ1n) is 8.15. The van der Waals surface area contributed by atoms with Crippen LogP contribution < -0.4 is 0 Å². The van der Waals surface area contributed by atoms with E-state index in [-0.39, 0.29) is 19.3 Å². The van der Waals surface area contributed by atoms with E-state index in [1.807, 2.05) is 36.4 Å². The molecule has 2 saturated heterocycles. The summed E-state index contributed by atoms with van der Waals surface area (Å²) in [7, 11) is 1.29. The summed E-state index contributed by atoms with van der Waals surface area (Å²) < 4.78 is 15.8. The highest BCUT2D eigenvalue weighted by atomic mass is 16.6. The Morgan fingerprint density at radius 2 is 2.15 bits per heavy atom. The number of fused-ring (bicyclic) bond motifs is 1. The van der Waals surface area contributed by atoms with Gasteiger partial charge in [-0.25, -0.2) is 9.59 Å². The van der Waals surface area contributed by atoms with Crippen molar-refractivity contribution in [1.29, 1.82) is 5.26 Å². The maximum Gasteiger partial charge on any atom is 0.337 e. The van der Waals surface area contributed by atoms with Gasteiger partial charge in [-0.1, -0.05) is 30.3 Å². The van der Waals surface area contributed by atoms with E-state index in [9.17, 15) is 9.59 Å². The fourth-order valence-corrected chi connectivity index (χ4v) is 2.92. The number of methoxy groups -OCH3 is 1.